The Labute approximate surface area is 127 Å². The van der Waals surface area contributed by atoms with Crippen LogP contribution in [0.1, 0.15) is 12.5 Å². The Kier molecular flexibility index (Phi) is 3.96. The molecule has 1 aromatic rings. The SMILES string of the molecule is Cc1c(N)cc(S(=O)(=O)N2CC(=O)NC(=O)C2C)cc1Cl. The number of rotatable bonds is 2. The lowest BCUT2D eigenvalue weighted by molar-refractivity contribution is -0.136. The van der Waals surface area contributed by atoms with Crippen molar-refractivity contribution >= 4 is 39.1 Å². The van der Waals surface area contributed by atoms with Crippen molar-refractivity contribution in [2.45, 2.75) is 24.8 Å². The third-order valence-corrected chi connectivity index (χ3v) is 5.62. The summed E-state index contributed by atoms with van der Waals surface area (Å²) in [6.07, 6.45) is 0. The smallest absolute Gasteiger partial charge is 0.244 e. The molecule has 1 saturated heterocycles. The fourth-order valence-corrected chi connectivity index (χ4v) is 3.85. The van der Waals surface area contributed by atoms with Gasteiger partial charge in [-0.25, -0.2) is 8.42 Å². The van der Waals surface area contributed by atoms with Gasteiger partial charge in [-0.1, -0.05) is 11.6 Å². The highest BCUT2D eigenvalue weighted by atomic mass is 35.5. The van der Waals surface area contributed by atoms with E-state index in [1.54, 1.807) is 6.92 Å². The number of anilines is 1. The number of hydrogen-bond acceptors (Lipinski definition) is 5. The lowest BCUT2D eigenvalue weighted by Gasteiger charge is -2.30. The van der Waals surface area contributed by atoms with Crippen molar-refractivity contribution in [3.05, 3.63) is 22.7 Å². The van der Waals surface area contributed by atoms with Crippen molar-refractivity contribution in [2.75, 3.05) is 12.3 Å². The van der Waals surface area contributed by atoms with Crippen LogP contribution in [0.4, 0.5) is 5.69 Å². The molecule has 9 heteroatoms. The minimum absolute atomic E-state index is 0.148. The average molecular weight is 332 g/mol. The van der Waals surface area contributed by atoms with Crippen LogP contribution in [0, 0.1) is 6.92 Å². The molecule has 0 aliphatic carbocycles. The summed E-state index contributed by atoms with van der Waals surface area (Å²) >= 11 is 5.95. The monoisotopic (exact) mass is 331 g/mol. The Morgan fingerprint density at radius 1 is 1.38 bits per heavy atom. The fraction of sp³-hybridized carbons (Fsp3) is 0.333. The summed E-state index contributed by atoms with van der Waals surface area (Å²) in [7, 11) is -4.05. The Morgan fingerprint density at radius 3 is 2.57 bits per heavy atom. The van der Waals surface area contributed by atoms with Gasteiger partial charge in [-0.15, -0.1) is 0 Å². The molecule has 1 fully saturated rings. The van der Waals surface area contributed by atoms with Crippen LogP contribution < -0.4 is 11.1 Å². The number of hydrogen-bond donors (Lipinski definition) is 2. The van der Waals surface area contributed by atoms with E-state index in [0.717, 1.165) is 4.31 Å². The first-order chi connectivity index (χ1) is 9.64. The zero-order valence-corrected chi connectivity index (χ0v) is 13.0. The number of amides is 2. The molecule has 3 N–H and O–H groups in total. The van der Waals surface area contributed by atoms with Crippen LogP contribution in [0.5, 0.6) is 0 Å². The first-order valence-corrected chi connectivity index (χ1v) is 7.87. The third-order valence-electron chi connectivity index (χ3n) is 3.34. The maximum Gasteiger partial charge on any atom is 0.244 e. The van der Waals surface area contributed by atoms with Gasteiger partial charge in [-0.2, -0.15) is 4.31 Å². The normalized spacial score (nSPS) is 20.4. The van der Waals surface area contributed by atoms with Crippen molar-refractivity contribution in [1.82, 2.24) is 9.62 Å². The van der Waals surface area contributed by atoms with Gasteiger partial charge in [0.25, 0.3) is 0 Å². The maximum atomic E-state index is 12.6. The van der Waals surface area contributed by atoms with E-state index in [2.05, 4.69) is 5.32 Å². The topological polar surface area (TPSA) is 110 Å². The summed E-state index contributed by atoms with van der Waals surface area (Å²) in [6, 6.07) is 1.53. The molecule has 1 aliphatic heterocycles. The molecule has 0 bridgehead atoms. The molecule has 2 rings (SSSR count). The molecule has 1 aliphatic rings. The quantitative estimate of drug-likeness (QED) is 0.597. The van der Waals surface area contributed by atoms with Gasteiger partial charge >= 0.3 is 0 Å². The molecule has 1 heterocycles. The zero-order chi connectivity index (χ0) is 15.9. The number of carbonyl (C=O) groups is 2. The number of carbonyl (C=O) groups excluding carboxylic acids is 2. The first-order valence-electron chi connectivity index (χ1n) is 6.05. The van der Waals surface area contributed by atoms with Crippen molar-refractivity contribution in [3.63, 3.8) is 0 Å². The Balaban J connectivity index is 2.51. The molecular weight excluding hydrogens is 318 g/mol. The number of imide groups is 1. The minimum Gasteiger partial charge on any atom is -0.398 e. The van der Waals surface area contributed by atoms with Gasteiger partial charge in [0.15, 0.2) is 0 Å². The standard InChI is InChI=1S/C12H14ClN3O4S/c1-6-9(13)3-8(4-10(6)14)21(19,20)16-5-11(17)15-12(18)7(16)2/h3-4,7H,5,14H2,1-2H3,(H,15,17,18). The molecule has 2 amide bonds. The van der Waals surface area contributed by atoms with E-state index in [1.807, 2.05) is 0 Å². The van der Waals surface area contributed by atoms with Crippen molar-refractivity contribution in [1.29, 1.82) is 0 Å². The van der Waals surface area contributed by atoms with Gasteiger partial charge in [0.1, 0.15) is 6.04 Å². The third kappa shape index (κ3) is 2.74. The summed E-state index contributed by atoms with van der Waals surface area (Å²) in [6.45, 7) is 2.63. The molecule has 21 heavy (non-hydrogen) atoms. The van der Waals surface area contributed by atoms with Crippen molar-refractivity contribution in [2.24, 2.45) is 0 Å². The van der Waals surface area contributed by atoms with Gasteiger partial charge < -0.3 is 5.73 Å². The number of nitrogens with one attached hydrogen (secondary N) is 1. The van der Waals surface area contributed by atoms with Gasteiger partial charge in [-0.05, 0) is 31.5 Å². The van der Waals surface area contributed by atoms with Crippen LogP contribution in [0.25, 0.3) is 0 Å². The van der Waals surface area contributed by atoms with Gasteiger partial charge in [-0.3, -0.25) is 14.9 Å². The highest BCUT2D eigenvalue weighted by Crippen LogP contribution is 2.28. The number of nitrogens with two attached hydrogens (primary N) is 1. The van der Waals surface area contributed by atoms with E-state index in [1.165, 1.54) is 19.1 Å². The lowest BCUT2D eigenvalue weighted by atomic mass is 10.2. The Hall–Kier alpha value is -1.64. The van der Waals surface area contributed by atoms with E-state index < -0.39 is 34.4 Å². The average Bonchev–Trinajstić information content (AvgIpc) is 2.39. The Bertz CT molecular complexity index is 709. The Morgan fingerprint density at radius 2 is 2.00 bits per heavy atom. The predicted octanol–water partition coefficient (Wildman–Crippen LogP) is 0.266. The van der Waals surface area contributed by atoms with Gasteiger partial charge in [0, 0.05) is 10.7 Å². The summed E-state index contributed by atoms with van der Waals surface area (Å²) in [4.78, 5) is 22.9. The number of nitrogens with zero attached hydrogens (tertiary/aromatic N) is 1. The number of nitrogen functional groups attached to an aromatic ring is 1. The van der Waals surface area contributed by atoms with E-state index in [9.17, 15) is 18.0 Å². The van der Waals surface area contributed by atoms with Crippen molar-refractivity contribution < 1.29 is 18.0 Å². The molecular formula is C12H14ClN3O4S. The van der Waals surface area contributed by atoms with Crippen LogP contribution in [0.2, 0.25) is 5.02 Å². The zero-order valence-electron chi connectivity index (χ0n) is 11.4. The number of halogens is 1. The van der Waals surface area contributed by atoms with E-state index in [4.69, 9.17) is 17.3 Å². The highest BCUT2D eigenvalue weighted by molar-refractivity contribution is 7.89. The summed E-state index contributed by atoms with van der Waals surface area (Å²) in [5.74, 6) is -1.34. The molecule has 1 aromatic carbocycles. The van der Waals surface area contributed by atoms with Crippen LogP contribution in [-0.2, 0) is 19.6 Å². The maximum absolute atomic E-state index is 12.6. The van der Waals surface area contributed by atoms with Crippen LogP contribution in [0.15, 0.2) is 17.0 Å². The number of benzene rings is 1. The molecule has 0 radical (unpaired) electrons. The van der Waals surface area contributed by atoms with Crippen LogP contribution in [0.3, 0.4) is 0 Å². The summed E-state index contributed by atoms with van der Waals surface area (Å²) in [5, 5.41) is 2.28. The van der Waals surface area contributed by atoms with E-state index in [0.29, 0.717) is 5.56 Å². The van der Waals surface area contributed by atoms with Crippen LogP contribution >= 0.6 is 11.6 Å². The molecule has 7 nitrogen and oxygen atoms in total. The van der Waals surface area contributed by atoms with Crippen molar-refractivity contribution in [3.8, 4) is 0 Å². The largest absolute Gasteiger partial charge is 0.398 e. The van der Waals surface area contributed by atoms with E-state index in [-0.39, 0.29) is 15.6 Å². The summed E-state index contributed by atoms with van der Waals surface area (Å²) in [5.41, 5.74) is 6.51. The lowest BCUT2D eigenvalue weighted by Crippen LogP contribution is -2.58. The van der Waals surface area contributed by atoms with E-state index >= 15 is 0 Å². The molecule has 0 saturated carbocycles. The predicted molar refractivity (Wildman–Crippen MR) is 77.1 cm³/mol. The second kappa shape index (κ2) is 5.28. The summed E-state index contributed by atoms with van der Waals surface area (Å²) < 4.78 is 26.0. The van der Waals surface area contributed by atoms with Gasteiger partial charge in [0.2, 0.25) is 21.8 Å². The molecule has 0 aromatic heterocycles. The number of sulfonamides is 1. The number of piperazine rings is 1. The highest BCUT2D eigenvalue weighted by Gasteiger charge is 2.39. The molecule has 1 atom stereocenters. The molecule has 0 spiro atoms. The fourth-order valence-electron chi connectivity index (χ4n) is 1.94. The van der Waals surface area contributed by atoms with Gasteiger partial charge in [0.05, 0.1) is 11.4 Å². The van der Waals surface area contributed by atoms with Crippen LogP contribution in [-0.4, -0.2) is 37.1 Å². The minimum atomic E-state index is -4.05. The second-order valence-electron chi connectivity index (χ2n) is 4.76. The first kappa shape index (κ1) is 15.7. The molecule has 114 valence electrons. The second-order valence-corrected chi connectivity index (χ2v) is 7.06. The molecule has 1 unspecified atom stereocenters.